The van der Waals surface area contributed by atoms with Gasteiger partial charge in [-0.15, -0.1) is 0 Å². The summed E-state index contributed by atoms with van der Waals surface area (Å²) < 4.78 is 9.79. The van der Waals surface area contributed by atoms with Gasteiger partial charge in [-0.3, -0.25) is 4.79 Å². The predicted octanol–water partition coefficient (Wildman–Crippen LogP) is 1.67. The second-order valence-electron chi connectivity index (χ2n) is 5.39. The quantitative estimate of drug-likeness (QED) is 0.608. The molecule has 0 aliphatic heterocycles. The van der Waals surface area contributed by atoms with Gasteiger partial charge in [0.15, 0.2) is 11.8 Å². The number of hydrogen-bond acceptors (Lipinski definition) is 5. The Hall–Kier alpha value is -1.59. The van der Waals surface area contributed by atoms with Gasteiger partial charge in [-0.05, 0) is 27.7 Å². The van der Waals surface area contributed by atoms with Gasteiger partial charge in [-0.1, -0.05) is 13.8 Å². The fraction of sp³-hybridized carbons (Fsp3) is 0.769. The molecule has 0 saturated carbocycles. The van der Waals surface area contributed by atoms with Crippen LogP contribution in [0.5, 0.6) is 0 Å². The fourth-order valence-electron chi connectivity index (χ4n) is 1.23. The summed E-state index contributed by atoms with van der Waals surface area (Å²) in [6, 6.07) is -1.32. The minimum Gasteiger partial charge on any atom is -0.464 e. The number of hydrogen-bond donors (Lipinski definition) is 1. The van der Waals surface area contributed by atoms with E-state index in [1.54, 1.807) is 41.5 Å². The average Bonchev–Trinajstić information content (AvgIpc) is 2.22. The highest BCUT2D eigenvalue weighted by atomic mass is 16.6. The Morgan fingerprint density at radius 1 is 1.16 bits per heavy atom. The Bertz CT molecular complexity index is 343. The molecule has 0 rings (SSSR count). The molecule has 6 nitrogen and oxygen atoms in total. The zero-order valence-electron chi connectivity index (χ0n) is 12.4. The van der Waals surface area contributed by atoms with Crippen LogP contribution in [0.25, 0.3) is 0 Å². The van der Waals surface area contributed by atoms with Crippen molar-refractivity contribution in [3.63, 3.8) is 0 Å². The van der Waals surface area contributed by atoms with Crippen molar-refractivity contribution < 1.29 is 23.9 Å². The Morgan fingerprint density at radius 2 is 1.68 bits per heavy atom. The summed E-state index contributed by atoms with van der Waals surface area (Å²) in [6.45, 7) is 10.1. The van der Waals surface area contributed by atoms with Crippen molar-refractivity contribution in [1.29, 1.82) is 0 Å². The van der Waals surface area contributed by atoms with Gasteiger partial charge in [0, 0.05) is 5.92 Å². The first-order chi connectivity index (χ1) is 8.58. The number of esters is 1. The van der Waals surface area contributed by atoms with E-state index in [0.717, 1.165) is 0 Å². The second kappa shape index (κ2) is 7.11. The number of ether oxygens (including phenoxy) is 2. The molecule has 0 aliphatic rings. The Balaban J connectivity index is 4.82. The third-order valence-electron chi connectivity index (χ3n) is 2.04. The SMILES string of the molecule is CCOC(=O)[C@H](NC(=O)OC(C)(C)C)C(=O)C(C)C. The molecule has 0 aliphatic carbocycles. The van der Waals surface area contributed by atoms with Gasteiger partial charge in [0.25, 0.3) is 0 Å². The highest BCUT2D eigenvalue weighted by Gasteiger charge is 2.32. The first-order valence-corrected chi connectivity index (χ1v) is 6.28. The van der Waals surface area contributed by atoms with E-state index in [0.29, 0.717) is 0 Å². The Kier molecular flexibility index (Phi) is 6.52. The minimum atomic E-state index is -1.32. The first-order valence-electron chi connectivity index (χ1n) is 6.28. The van der Waals surface area contributed by atoms with Crippen LogP contribution in [0.3, 0.4) is 0 Å². The molecule has 0 spiro atoms. The van der Waals surface area contributed by atoms with Crippen molar-refractivity contribution in [2.24, 2.45) is 5.92 Å². The lowest BCUT2D eigenvalue weighted by atomic mass is 10.0. The normalized spacial score (nSPS) is 12.8. The van der Waals surface area contributed by atoms with Crippen molar-refractivity contribution >= 4 is 17.8 Å². The topological polar surface area (TPSA) is 81.7 Å². The van der Waals surface area contributed by atoms with Gasteiger partial charge >= 0.3 is 12.1 Å². The van der Waals surface area contributed by atoms with Crippen LogP contribution in [0.15, 0.2) is 0 Å². The lowest BCUT2D eigenvalue weighted by Gasteiger charge is -2.23. The molecule has 6 heteroatoms. The molecule has 0 aromatic rings. The van der Waals surface area contributed by atoms with Gasteiger partial charge in [0.05, 0.1) is 6.61 Å². The third kappa shape index (κ3) is 6.79. The number of amides is 1. The molecule has 1 atom stereocenters. The predicted molar refractivity (Wildman–Crippen MR) is 69.6 cm³/mol. The molecular formula is C13H23NO5. The summed E-state index contributed by atoms with van der Waals surface area (Å²) in [5, 5.41) is 2.25. The van der Waals surface area contributed by atoms with E-state index < -0.39 is 35.4 Å². The molecule has 0 heterocycles. The Labute approximate surface area is 113 Å². The molecule has 0 saturated heterocycles. The van der Waals surface area contributed by atoms with Crippen molar-refractivity contribution in [2.45, 2.75) is 53.2 Å². The highest BCUT2D eigenvalue weighted by molar-refractivity contribution is 6.05. The van der Waals surface area contributed by atoms with Crippen molar-refractivity contribution in [3.05, 3.63) is 0 Å². The summed E-state index contributed by atoms with van der Waals surface area (Å²) in [4.78, 5) is 35.2. The summed E-state index contributed by atoms with van der Waals surface area (Å²) >= 11 is 0. The van der Waals surface area contributed by atoms with Gasteiger partial charge in [0.1, 0.15) is 5.60 Å². The molecule has 0 unspecified atom stereocenters. The van der Waals surface area contributed by atoms with Gasteiger partial charge in [0.2, 0.25) is 0 Å². The number of alkyl carbamates (subject to hydrolysis) is 1. The van der Waals surface area contributed by atoms with Crippen molar-refractivity contribution in [1.82, 2.24) is 5.32 Å². The molecule has 1 N–H and O–H groups in total. The van der Waals surface area contributed by atoms with E-state index >= 15 is 0 Å². The maximum absolute atomic E-state index is 11.9. The smallest absolute Gasteiger partial charge is 0.408 e. The highest BCUT2D eigenvalue weighted by Crippen LogP contribution is 2.08. The van der Waals surface area contributed by atoms with Crippen LogP contribution < -0.4 is 5.32 Å². The summed E-state index contributed by atoms with van der Waals surface area (Å²) in [6.07, 6.45) is -0.820. The van der Waals surface area contributed by atoms with Crippen LogP contribution in [0.2, 0.25) is 0 Å². The number of rotatable bonds is 5. The summed E-state index contributed by atoms with van der Waals surface area (Å²) in [5.41, 5.74) is -0.704. The molecule has 1 amide bonds. The lowest BCUT2D eigenvalue weighted by molar-refractivity contribution is -0.149. The minimum absolute atomic E-state index is 0.136. The zero-order valence-corrected chi connectivity index (χ0v) is 12.4. The van der Waals surface area contributed by atoms with E-state index in [4.69, 9.17) is 9.47 Å². The maximum atomic E-state index is 11.9. The van der Waals surface area contributed by atoms with E-state index in [-0.39, 0.29) is 6.61 Å². The monoisotopic (exact) mass is 273 g/mol. The molecule has 0 aromatic carbocycles. The van der Waals surface area contributed by atoms with Crippen LogP contribution in [0.1, 0.15) is 41.5 Å². The molecule has 0 fully saturated rings. The van der Waals surface area contributed by atoms with Crippen LogP contribution in [0, 0.1) is 5.92 Å². The van der Waals surface area contributed by atoms with E-state index in [9.17, 15) is 14.4 Å². The van der Waals surface area contributed by atoms with Crippen LogP contribution >= 0.6 is 0 Å². The molecule has 110 valence electrons. The van der Waals surface area contributed by atoms with Crippen LogP contribution in [-0.2, 0) is 19.1 Å². The number of nitrogens with one attached hydrogen (secondary N) is 1. The molecular weight excluding hydrogens is 250 g/mol. The summed E-state index contributed by atoms with van der Waals surface area (Å²) in [7, 11) is 0. The fourth-order valence-corrected chi connectivity index (χ4v) is 1.23. The summed E-state index contributed by atoms with van der Waals surface area (Å²) in [5.74, 6) is -1.58. The molecule has 19 heavy (non-hydrogen) atoms. The van der Waals surface area contributed by atoms with E-state index in [1.807, 2.05) is 0 Å². The average molecular weight is 273 g/mol. The van der Waals surface area contributed by atoms with Gasteiger partial charge in [-0.25, -0.2) is 9.59 Å². The lowest BCUT2D eigenvalue weighted by Crippen LogP contribution is -2.50. The first kappa shape index (κ1) is 17.4. The van der Waals surface area contributed by atoms with Crippen molar-refractivity contribution in [2.75, 3.05) is 6.61 Å². The van der Waals surface area contributed by atoms with Gasteiger partial charge < -0.3 is 14.8 Å². The number of Topliss-reactive ketones (excluding diaryl/α,β-unsaturated/α-hetero) is 1. The second-order valence-corrected chi connectivity index (χ2v) is 5.39. The zero-order chi connectivity index (χ0) is 15.2. The van der Waals surface area contributed by atoms with E-state index in [2.05, 4.69) is 5.32 Å². The van der Waals surface area contributed by atoms with Crippen LogP contribution in [-0.4, -0.2) is 36.1 Å². The number of carbonyl (C=O) groups is 3. The molecule has 0 radical (unpaired) electrons. The van der Waals surface area contributed by atoms with Crippen LogP contribution in [0.4, 0.5) is 4.79 Å². The van der Waals surface area contributed by atoms with E-state index in [1.165, 1.54) is 0 Å². The Morgan fingerprint density at radius 3 is 2.05 bits per heavy atom. The standard InChI is InChI=1S/C13H23NO5/c1-7-18-11(16)9(10(15)8(2)3)14-12(17)19-13(4,5)6/h8-9H,7H2,1-6H3,(H,14,17)/t9-/m1/s1. The largest absolute Gasteiger partial charge is 0.464 e. The molecule has 0 bridgehead atoms. The molecule has 0 aromatic heterocycles. The van der Waals surface area contributed by atoms with Crippen molar-refractivity contribution in [3.8, 4) is 0 Å². The maximum Gasteiger partial charge on any atom is 0.408 e. The van der Waals surface area contributed by atoms with Gasteiger partial charge in [-0.2, -0.15) is 0 Å². The number of ketones is 1. The third-order valence-corrected chi connectivity index (χ3v) is 2.04. The number of carbonyl (C=O) groups excluding carboxylic acids is 3.